The van der Waals surface area contributed by atoms with Crippen LogP contribution in [0.3, 0.4) is 0 Å². The van der Waals surface area contributed by atoms with Crippen molar-refractivity contribution in [3.63, 3.8) is 0 Å². The molecule has 314 valence electrons. The summed E-state index contributed by atoms with van der Waals surface area (Å²) in [5, 5.41) is 4.86. The largest absolute Gasteiger partial charge is 0.309 e. The summed E-state index contributed by atoms with van der Waals surface area (Å²) in [5.74, 6) is 0. The van der Waals surface area contributed by atoms with Crippen LogP contribution in [0.1, 0.15) is 22.3 Å². The molecule has 1 heterocycles. The van der Waals surface area contributed by atoms with Crippen LogP contribution in [0.4, 0.5) is 17.1 Å². The number of fused-ring (bicyclic) bond motifs is 7. The maximum Gasteiger partial charge on any atom is 0.0713 e. The molecule has 11 aromatic carbocycles. The molecule has 1 aliphatic rings. The van der Waals surface area contributed by atoms with Crippen molar-refractivity contribution in [2.24, 2.45) is 0 Å². The van der Waals surface area contributed by atoms with E-state index in [1.165, 1.54) is 77.1 Å². The van der Waals surface area contributed by atoms with Crippen molar-refractivity contribution in [3.05, 3.63) is 289 Å². The molecule has 0 saturated carbocycles. The minimum Gasteiger partial charge on any atom is -0.309 e. The van der Waals surface area contributed by atoms with Gasteiger partial charge in [-0.15, -0.1) is 0 Å². The second kappa shape index (κ2) is 15.8. The molecule has 67 heavy (non-hydrogen) atoms. The number of benzene rings is 11. The Kier molecular flexibility index (Phi) is 9.11. The van der Waals surface area contributed by atoms with Crippen LogP contribution in [0.5, 0.6) is 0 Å². The lowest BCUT2D eigenvalue weighted by atomic mass is 9.68. The minimum atomic E-state index is -0.456. The van der Waals surface area contributed by atoms with Gasteiger partial charge in [-0.05, 0) is 104 Å². The Morgan fingerprint density at radius 3 is 1.64 bits per heavy atom. The van der Waals surface area contributed by atoms with Crippen molar-refractivity contribution in [1.29, 1.82) is 0 Å². The number of aromatic nitrogens is 1. The SMILES string of the molecule is c1ccc(-c2ccc(N(c3ccccc3-c3ccc4c5ccccc5n(-c5ccc6c(c5)-c5ccccc5C6(c5ccccc5)c5ccccc5)c4c3)c3cccc4ccccc34)cc2)cc1. The van der Waals surface area contributed by atoms with Gasteiger partial charge in [0.2, 0.25) is 0 Å². The number of hydrogen-bond donors (Lipinski definition) is 0. The predicted octanol–water partition coefficient (Wildman–Crippen LogP) is 17.1. The lowest BCUT2D eigenvalue weighted by Crippen LogP contribution is -2.28. The summed E-state index contributed by atoms with van der Waals surface area (Å²) in [4.78, 5) is 2.44. The number of nitrogens with zero attached hydrogens (tertiary/aromatic N) is 2. The Morgan fingerprint density at radius 1 is 0.313 bits per heavy atom. The van der Waals surface area contributed by atoms with Crippen molar-refractivity contribution < 1.29 is 0 Å². The molecule has 0 aliphatic heterocycles. The highest BCUT2D eigenvalue weighted by Crippen LogP contribution is 2.56. The van der Waals surface area contributed by atoms with Crippen molar-refractivity contribution in [2.45, 2.75) is 5.41 Å². The Balaban J connectivity index is 1.01. The quantitative estimate of drug-likeness (QED) is 0.148. The minimum absolute atomic E-state index is 0.456. The molecule has 12 aromatic rings. The molecule has 0 spiro atoms. The van der Waals surface area contributed by atoms with Crippen LogP contribution in [0.25, 0.3) is 71.6 Å². The molecule has 1 aromatic heterocycles. The summed E-state index contributed by atoms with van der Waals surface area (Å²) in [6.45, 7) is 0. The van der Waals surface area contributed by atoms with Crippen LogP contribution < -0.4 is 4.90 Å². The molecule has 1 aliphatic carbocycles. The van der Waals surface area contributed by atoms with Crippen LogP contribution in [0, 0.1) is 0 Å². The van der Waals surface area contributed by atoms with Gasteiger partial charge < -0.3 is 9.47 Å². The van der Waals surface area contributed by atoms with Gasteiger partial charge in [0.15, 0.2) is 0 Å². The molecule has 2 heteroatoms. The molecule has 0 atom stereocenters. The van der Waals surface area contributed by atoms with Gasteiger partial charge in [0.1, 0.15) is 0 Å². The number of anilines is 3. The fourth-order valence-corrected chi connectivity index (χ4v) is 11.2. The first-order valence-electron chi connectivity index (χ1n) is 23.2. The first-order valence-corrected chi connectivity index (χ1v) is 23.2. The van der Waals surface area contributed by atoms with E-state index in [1.54, 1.807) is 0 Å². The van der Waals surface area contributed by atoms with Gasteiger partial charge in [0.25, 0.3) is 0 Å². The fraction of sp³-hybridized carbons (Fsp3) is 0.0154. The third kappa shape index (κ3) is 6.11. The van der Waals surface area contributed by atoms with E-state index in [9.17, 15) is 0 Å². The molecule has 0 N–H and O–H groups in total. The van der Waals surface area contributed by atoms with E-state index in [0.29, 0.717) is 0 Å². The molecule has 0 amide bonds. The maximum absolute atomic E-state index is 2.48. The van der Waals surface area contributed by atoms with Crippen molar-refractivity contribution in [1.82, 2.24) is 4.57 Å². The van der Waals surface area contributed by atoms with Crippen molar-refractivity contribution in [3.8, 4) is 39.1 Å². The zero-order valence-corrected chi connectivity index (χ0v) is 36.8. The Labute approximate surface area is 390 Å². The summed E-state index contributed by atoms with van der Waals surface area (Å²) >= 11 is 0. The van der Waals surface area contributed by atoms with Crippen LogP contribution in [0.15, 0.2) is 267 Å². The van der Waals surface area contributed by atoms with Crippen molar-refractivity contribution >= 4 is 49.6 Å². The van der Waals surface area contributed by atoms with Gasteiger partial charge >= 0.3 is 0 Å². The Hall–Kier alpha value is -8.72. The second-order valence-electron chi connectivity index (χ2n) is 17.6. The highest BCUT2D eigenvalue weighted by molar-refractivity contribution is 6.11. The number of para-hydroxylation sites is 2. The molecule has 2 nitrogen and oxygen atoms in total. The molecule has 0 bridgehead atoms. The van der Waals surface area contributed by atoms with E-state index in [-0.39, 0.29) is 0 Å². The second-order valence-corrected chi connectivity index (χ2v) is 17.6. The average molecular weight is 853 g/mol. The van der Waals surface area contributed by atoms with Crippen molar-refractivity contribution in [2.75, 3.05) is 4.90 Å². The van der Waals surface area contributed by atoms with E-state index in [2.05, 4.69) is 276 Å². The highest BCUT2D eigenvalue weighted by Gasteiger charge is 2.46. The zero-order chi connectivity index (χ0) is 44.3. The van der Waals surface area contributed by atoms with E-state index in [0.717, 1.165) is 33.9 Å². The van der Waals surface area contributed by atoms with Gasteiger partial charge in [0, 0.05) is 33.1 Å². The van der Waals surface area contributed by atoms with Gasteiger partial charge in [-0.3, -0.25) is 0 Å². The monoisotopic (exact) mass is 852 g/mol. The van der Waals surface area contributed by atoms with Crippen LogP contribution in [-0.4, -0.2) is 4.57 Å². The highest BCUT2D eigenvalue weighted by atomic mass is 15.1. The van der Waals surface area contributed by atoms with E-state index in [4.69, 9.17) is 0 Å². The fourth-order valence-electron chi connectivity index (χ4n) is 11.2. The zero-order valence-electron chi connectivity index (χ0n) is 36.8. The van der Waals surface area contributed by atoms with Gasteiger partial charge in [-0.25, -0.2) is 0 Å². The maximum atomic E-state index is 2.48. The number of rotatable bonds is 8. The van der Waals surface area contributed by atoms with Gasteiger partial charge in [-0.2, -0.15) is 0 Å². The topological polar surface area (TPSA) is 8.17 Å². The first kappa shape index (κ1) is 38.7. The van der Waals surface area contributed by atoms with E-state index in [1.807, 2.05) is 0 Å². The van der Waals surface area contributed by atoms with Crippen LogP contribution in [0.2, 0.25) is 0 Å². The molecule has 0 saturated heterocycles. The molecule has 13 rings (SSSR count). The summed E-state index contributed by atoms with van der Waals surface area (Å²) in [6, 6.07) is 98.1. The molecule has 0 unspecified atom stereocenters. The lowest BCUT2D eigenvalue weighted by molar-refractivity contribution is 0.768. The van der Waals surface area contributed by atoms with Gasteiger partial charge in [-0.1, -0.05) is 218 Å². The Bertz CT molecular complexity index is 3750. The molecule has 0 fully saturated rings. The lowest BCUT2D eigenvalue weighted by Gasteiger charge is -2.33. The average Bonchev–Trinajstić information content (AvgIpc) is 3.90. The third-order valence-corrected chi connectivity index (χ3v) is 14.1. The normalized spacial score (nSPS) is 12.6. The molecular weight excluding hydrogens is 809 g/mol. The smallest absolute Gasteiger partial charge is 0.0713 e. The summed E-state index contributed by atoms with van der Waals surface area (Å²) in [7, 11) is 0. The van der Waals surface area contributed by atoms with Crippen LogP contribution >= 0.6 is 0 Å². The van der Waals surface area contributed by atoms with E-state index >= 15 is 0 Å². The number of hydrogen-bond acceptors (Lipinski definition) is 1. The molecular formula is C65H44N2. The van der Waals surface area contributed by atoms with Crippen LogP contribution in [-0.2, 0) is 5.41 Å². The van der Waals surface area contributed by atoms with E-state index < -0.39 is 5.41 Å². The summed E-state index contributed by atoms with van der Waals surface area (Å²) in [5.41, 5.74) is 18.7. The molecule has 0 radical (unpaired) electrons. The van der Waals surface area contributed by atoms with Gasteiger partial charge in [0.05, 0.1) is 27.8 Å². The first-order chi connectivity index (χ1) is 33.3. The summed E-state index contributed by atoms with van der Waals surface area (Å²) in [6.07, 6.45) is 0. The standard InChI is InChI=1S/C65H44N2/c1-4-19-45(20-5-1)46-35-38-51(39-36-46)66(62-34-18-22-47-21-10-11-27-53(47)62)61-32-16-13-28-54(61)48-37-41-57-56-30-14-17-33-63(56)67(64(57)43-48)52-40-42-60-58(44-52)55-29-12-15-31-59(55)65(60,49-23-6-2-7-24-49)50-25-8-3-9-26-50/h1-44H. The Morgan fingerprint density at radius 2 is 0.866 bits per heavy atom. The predicted molar refractivity (Wildman–Crippen MR) is 281 cm³/mol. The third-order valence-electron chi connectivity index (χ3n) is 14.1. The summed E-state index contributed by atoms with van der Waals surface area (Å²) < 4.78 is 2.48.